The van der Waals surface area contributed by atoms with E-state index in [0.29, 0.717) is 6.54 Å². The standard InChI is InChI=1S/C14H14BrClN2/c1-9-3-6-14(10(2)18-9)17-8-11-7-12(16)4-5-13(11)15/h3-7,17H,8H2,1-2H3. The van der Waals surface area contributed by atoms with Gasteiger partial charge in [-0.3, -0.25) is 4.98 Å². The molecule has 0 fully saturated rings. The molecule has 0 radical (unpaired) electrons. The SMILES string of the molecule is Cc1ccc(NCc2cc(Cl)ccc2Br)c(C)n1. The summed E-state index contributed by atoms with van der Waals surface area (Å²) in [6, 6.07) is 9.83. The third-order valence-electron chi connectivity index (χ3n) is 2.70. The molecule has 2 nitrogen and oxygen atoms in total. The second-order valence-corrected chi connectivity index (χ2v) is 5.47. The van der Waals surface area contributed by atoms with Crippen molar-refractivity contribution in [2.24, 2.45) is 0 Å². The van der Waals surface area contributed by atoms with Gasteiger partial charge in [0.25, 0.3) is 0 Å². The van der Waals surface area contributed by atoms with Gasteiger partial charge in [0.15, 0.2) is 0 Å². The molecule has 1 heterocycles. The number of nitrogens with zero attached hydrogens (tertiary/aromatic N) is 1. The van der Waals surface area contributed by atoms with Crippen LogP contribution in [0.5, 0.6) is 0 Å². The first-order valence-electron chi connectivity index (χ1n) is 5.68. The van der Waals surface area contributed by atoms with Crippen LogP contribution in [-0.4, -0.2) is 4.98 Å². The Hall–Kier alpha value is -1.06. The summed E-state index contributed by atoms with van der Waals surface area (Å²) < 4.78 is 1.05. The molecule has 0 aliphatic heterocycles. The zero-order chi connectivity index (χ0) is 13.1. The molecular formula is C14H14BrClN2. The minimum absolute atomic E-state index is 0.715. The summed E-state index contributed by atoms with van der Waals surface area (Å²) in [7, 11) is 0. The van der Waals surface area contributed by atoms with Gasteiger partial charge < -0.3 is 5.32 Å². The third kappa shape index (κ3) is 3.24. The zero-order valence-corrected chi connectivity index (χ0v) is 12.6. The molecular weight excluding hydrogens is 312 g/mol. The Morgan fingerprint density at radius 3 is 2.72 bits per heavy atom. The number of hydrogen-bond donors (Lipinski definition) is 1. The van der Waals surface area contributed by atoms with E-state index in [1.807, 2.05) is 38.1 Å². The van der Waals surface area contributed by atoms with Gasteiger partial charge in [0.2, 0.25) is 0 Å². The van der Waals surface area contributed by atoms with Crippen LogP contribution < -0.4 is 5.32 Å². The van der Waals surface area contributed by atoms with Crippen molar-refractivity contribution in [3.8, 4) is 0 Å². The molecule has 0 spiro atoms. The van der Waals surface area contributed by atoms with Crippen molar-refractivity contribution in [3.63, 3.8) is 0 Å². The van der Waals surface area contributed by atoms with E-state index in [-0.39, 0.29) is 0 Å². The lowest BCUT2D eigenvalue weighted by Gasteiger charge is -2.11. The van der Waals surface area contributed by atoms with Crippen molar-refractivity contribution >= 4 is 33.2 Å². The largest absolute Gasteiger partial charge is 0.379 e. The van der Waals surface area contributed by atoms with Gasteiger partial charge in [0.05, 0.1) is 11.4 Å². The van der Waals surface area contributed by atoms with Crippen molar-refractivity contribution in [1.82, 2.24) is 4.98 Å². The number of rotatable bonds is 3. The summed E-state index contributed by atoms with van der Waals surface area (Å²) >= 11 is 9.51. The van der Waals surface area contributed by atoms with E-state index < -0.39 is 0 Å². The zero-order valence-electron chi connectivity index (χ0n) is 10.3. The number of aromatic nitrogens is 1. The van der Waals surface area contributed by atoms with Crippen molar-refractivity contribution in [3.05, 3.63) is 56.8 Å². The van der Waals surface area contributed by atoms with E-state index in [9.17, 15) is 0 Å². The lowest BCUT2D eigenvalue weighted by Crippen LogP contribution is -2.03. The van der Waals surface area contributed by atoms with Gasteiger partial charge in [-0.2, -0.15) is 0 Å². The highest BCUT2D eigenvalue weighted by Crippen LogP contribution is 2.22. The lowest BCUT2D eigenvalue weighted by molar-refractivity contribution is 1.07. The van der Waals surface area contributed by atoms with Crippen LogP contribution in [0.4, 0.5) is 5.69 Å². The summed E-state index contributed by atoms with van der Waals surface area (Å²) in [5.74, 6) is 0. The molecule has 4 heteroatoms. The minimum atomic E-state index is 0.715. The highest BCUT2D eigenvalue weighted by atomic mass is 79.9. The highest BCUT2D eigenvalue weighted by molar-refractivity contribution is 9.10. The fraction of sp³-hybridized carbons (Fsp3) is 0.214. The summed E-state index contributed by atoms with van der Waals surface area (Å²) in [6.45, 7) is 4.71. The van der Waals surface area contributed by atoms with E-state index in [1.165, 1.54) is 0 Å². The van der Waals surface area contributed by atoms with Crippen LogP contribution in [0.25, 0.3) is 0 Å². The molecule has 2 rings (SSSR count). The summed E-state index contributed by atoms with van der Waals surface area (Å²) in [4.78, 5) is 4.43. The second kappa shape index (κ2) is 5.72. The van der Waals surface area contributed by atoms with E-state index in [4.69, 9.17) is 11.6 Å². The molecule has 0 amide bonds. The minimum Gasteiger partial charge on any atom is -0.379 e. The van der Waals surface area contributed by atoms with Gasteiger partial charge in [-0.05, 0) is 49.7 Å². The number of anilines is 1. The maximum absolute atomic E-state index is 5.99. The first-order chi connectivity index (χ1) is 8.56. The number of benzene rings is 1. The predicted octanol–water partition coefficient (Wildman–Crippen LogP) is 4.73. The maximum atomic E-state index is 5.99. The summed E-state index contributed by atoms with van der Waals surface area (Å²) in [6.07, 6.45) is 0. The van der Waals surface area contributed by atoms with Gasteiger partial charge in [0, 0.05) is 21.7 Å². The van der Waals surface area contributed by atoms with Crippen molar-refractivity contribution < 1.29 is 0 Å². The summed E-state index contributed by atoms with van der Waals surface area (Å²) in [5.41, 5.74) is 4.21. The molecule has 1 aromatic heterocycles. The average molecular weight is 326 g/mol. The average Bonchev–Trinajstić information content (AvgIpc) is 2.32. The van der Waals surface area contributed by atoms with Gasteiger partial charge in [-0.1, -0.05) is 27.5 Å². The molecule has 1 aromatic carbocycles. The first-order valence-corrected chi connectivity index (χ1v) is 6.85. The van der Waals surface area contributed by atoms with Gasteiger partial charge in [0.1, 0.15) is 0 Å². The second-order valence-electron chi connectivity index (χ2n) is 4.17. The van der Waals surface area contributed by atoms with Gasteiger partial charge >= 0.3 is 0 Å². The molecule has 0 saturated heterocycles. The Morgan fingerprint density at radius 2 is 2.00 bits per heavy atom. The number of aryl methyl sites for hydroxylation is 2. The first kappa shape index (κ1) is 13.4. The van der Waals surface area contributed by atoms with Crippen LogP contribution in [0.2, 0.25) is 5.02 Å². The molecule has 0 aliphatic rings. The molecule has 1 N–H and O–H groups in total. The molecule has 0 atom stereocenters. The smallest absolute Gasteiger partial charge is 0.0606 e. The number of hydrogen-bond acceptors (Lipinski definition) is 2. The quantitative estimate of drug-likeness (QED) is 0.882. The lowest BCUT2D eigenvalue weighted by atomic mass is 10.2. The normalized spacial score (nSPS) is 10.4. The Balaban J connectivity index is 2.13. The molecule has 0 unspecified atom stereocenters. The number of pyridine rings is 1. The van der Waals surface area contributed by atoms with Crippen molar-refractivity contribution in [2.45, 2.75) is 20.4 Å². The monoisotopic (exact) mass is 324 g/mol. The van der Waals surface area contributed by atoms with E-state index in [0.717, 1.165) is 32.1 Å². The van der Waals surface area contributed by atoms with Crippen LogP contribution in [0.1, 0.15) is 17.0 Å². The molecule has 0 saturated carbocycles. The Labute approximate surface area is 121 Å². The Kier molecular flexibility index (Phi) is 4.25. The Morgan fingerprint density at radius 1 is 1.22 bits per heavy atom. The van der Waals surface area contributed by atoms with E-state index in [2.05, 4.69) is 32.3 Å². The van der Waals surface area contributed by atoms with Crippen LogP contribution in [0.15, 0.2) is 34.8 Å². The third-order valence-corrected chi connectivity index (χ3v) is 3.71. The Bertz CT molecular complexity index is 570. The maximum Gasteiger partial charge on any atom is 0.0606 e. The van der Waals surface area contributed by atoms with Crippen molar-refractivity contribution in [1.29, 1.82) is 0 Å². The van der Waals surface area contributed by atoms with Crippen LogP contribution >= 0.6 is 27.5 Å². The van der Waals surface area contributed by atoms with Crippen LogP contribution in [0, 0.1) is 13.8 Å². The number of halogens is 2. The fourth-order valence-corrected chi connectivity index (χ4v) is 2.32. The molecule has 18 heavy (non-hydrogen) atoms. The molecule has 0 aliphatic carbocycles. The molecule has 94 valence electrons. The fourth-order valence-electron chi connectivity index (χ4n) is 1.74. The van der Waals surface area contributed by atoms with Crippen LogP contribution in [0.3, 0.4) is 0 Å². The molecule has 0 bridgehead atoms. The van der Waals surface area contributed by atoms with Crippen molar-refractivity contribution in [2.75, 3.05) is 5.32 Å². The predicted molar refractivity (Wildman–Crippen MR) is 80.2 cm³/mol. The number of nitrogens with one attached hydrogen (secondary N) is 1. The highest BCUT2D eigenvalue weighted by Gasteiger charge is 2.03. The summed E-state index contributed by atoms with van der Waals surface area (Å²) in [5, 5.41) is 4.12. The molecule has 2 aromatic rings. The topological polar surface area (TPSA) is 24.9 Å². The van der Waals surface area contributed by atoms with Gasteiger partial charge in [-0.15, -0.1) is 0 Å². The van der Waals surface area contributed by atoms with Gasteiger partial charge in [-0.25, -0.2) is 0 Å². The van der Waals surface area contributed by atoms with E-state index >= 15 is 0 Å². The van der Waals surface area contributed by atoms with E-state index in [1.54, 1.807) is 0 Å². The van der Waals surface area contributed by atoms with Crippen LogP contribution in [-0.2, 0) is 6.54 Å².